The molecule has 2 N–H and O–H groups in total. The number of likely N-dealkylation sites (tertiary alicyclic amines) is 1. The maximum Gasteiger partial charge on any atom is 0.262 e. The van der Waals surface area contributed by atoms with E-state index in [-0.39, 0.29) is 12.1 Å². The quantitative estimate of drug-likeness (QED) is 0.228. The number of carbonyl (C=O) groups excluding carboxylic acids is 1. The second kappa shape index (κ2) is 16.9. The van der Waals surface area contributed by atoms with E-state index in [1.165, 1.54) is 50.4 Å². The SMILES string of the molecule is C1CC(C2CCC2)C1.C1CCC1.CCO[C@H]1CCN(Cc2c(OC)cc(C)c3[nH]ccc23)[C@H](c2ccc(C(=O)NS(=O)[O-])cc2)C1. The zero-order chi connectivity index (χ0) is 32.5. The lowest BCUT2D eigenvalue weighted by Gasteiger charge is -2.40. The number of hydrogen-bond acceptors (Lipinski definition) is 6. The number of nitrogens with one attached hydrogen (secondary N) is 2. The molecule has 1 unspecified atom stereocenters. The third-order valence-electron chi connectivity index (χ3n) is 10.5. The Kier molecular flexibility index (Phi) is 12.7. The molecule has 8 nitrogen and oxygen atoms in total. The summed E-state index contributed by atoms with van der Waals surface area (Å²) in [7, 11) is 1.70. The lowest BCUT2D eigenvalue weighted by Crippen LogP contribution is -2.39. The summed E-state index contributed by atoms with van der Waals surface area (Å²) in [6.07, 6.45) is 19.2. The van der Waals surface area contributed by atoms with Crippen molar-refractivity contribution < 1.29 is 23.0 Å². The highest BCUT2D eigenvalue weighted by molar-refractivity contribution is 7.77. The van der Waals surface area contributed by atoms with Gasteiger partial charge in [-0.05, 0) is 73.9 Å². The Hall–Kier alpha value is -2.72. The highest BCUT2D eigenvalue weighted by Crippen LogP contribution is 2.43. The summed E-state index contributed by atoms with van der Waals surface area (Å²) < 4.78 is 35.2. The molecular formula is C37H52N3O5S-. The standard InChI is InChI=1S/C25H31N3O5S.C8H14.C4H8/c1-4-33-19-10-12-28(15-21-20-9-11-26-24(20)16(2)13-23(21)32-3)22(14-19)17-5-7-18(8-6-17)25(29)27-34(30)31;1-3-7(4-1)8-5-2-6-8;1-2-4-3-1/h5-9,11,13,19,22,26H,4,10,12,14-15H2,1-3H3,(H,27,29)(H,30,31);7-8H,1-6H2;1-4H2/p-1/t19-,22-;;/m0../s1. The van der Waals surface area contributed by atoms with Crippen LogP contribution >= 0.6 is 0 Å². The highest BCUT2D eigenvalue weighted by Gasteiger charge is 2.32. The number of piperidine rings is 1. The van der Waals surface area contributed by atoms with Crippen LogP contribution in [0.15, 0.2) is 42.6 Å². The molecule has 4 aliphatic rings. The van der Waals surface area contributed by atoms with E-state index in [1.807, 2.05) is 30.0 Å². The third kappa shape index (κ3) is 8.79. The fraction of sp³-hybridized carbons (Fsp3) is 0.595. The summed E-state index contributed by atoms with van der Waals surface area (Å²) in [6, 6.07) is 11.4. The number of rotatable bonds is 9. The molecule has 46 heavy (non-hydrogen) atoms. The van der Waals surface area contributed by atoms with Crippen molar-refractivity contribution in [3.63, 3.8) is 0 Å². The number of carbonyl (C=O) groups is 1. The first-order valence-electron chi connectivity index (χ1n) is 17.4. The highest BCUT2D eigenvalue weighted by atomic mass is 32.2. The van der Waals surface area contributed by atoms with Crippen LogP contribution in [-0.4, -0.2) is 50.9 Å². The number of H-pyrrole nitrogens is 1. The first-order valence-corrected chi connectivity index (χ1v) is 18.4. The predicted molar refractivity (Wildman–Crippen MR) is 183 cm³/mol. The van der Waals surface area contributed by atoms with Crippen LogP contribution in [0, 0.1) is 18.8 Å². The largest absolute Gasteiger partial charge is 0.755 e. The molecule has 1 amide bonds. The summed E-state index contributed by atoms with van der Waals surface area (Å²) in [5.41, 5.74) is 4.74. The van der Waals surface area contributed by atoms with Crippen molar-refractivity contribution >= 4 is 28.1 Å². The zero-order valence-corrected chi connectivity index (χ0v) is 28.7. The van der Waals surface area contributed by atoms with Crippen molar-refractivity contribution in [1.29, 1.82) is 0 Å². The Balaban J connectivity index is 0.000000285. The number of fused-ring (bicyclic) bond motifs is 1. The van der Waals surface area contributed by atoms with Gasteiger partial charge in [0.2, 0.25) is 0 Å². The van der Waals surface area contributed by atoms with Gasteiger partial charge < -0.3 is 19.0 Å². The minimum atomic E-state index is -2.64. The minimum Gasteiger partial charge on any atom is -0.755 e. The molecule has 1 aromatic heterocycles. The van der Waals surface area contributed by atoms with Crippen LogP contribution in [0.25, 0.3) is 10.9 Å². The average molecular weight is 651 g/mol. The molecule has 3 saturated carbocycles. The molecular weight excluding hydrogens is 598 g/mol. The second-order valence-electron chi connectivity index (χ2n) is 13.3. The number of hydrogen-bond donors (Lipinski definition) is 2. The van der Waals surface area contributed by atoms with Gasteiger partial charge in [0.15, 0.2) is 0 Å². The van der Waals surface area contributed by atoms with E-state index in [0.717, 1.165) is 52.7 Å². The minimum absolute atomic E-state index is 0.0797. The number of benzene rings is 2. The summed E-state index contributed by atoms with van der Waals surface area (Å²) >= 11 is -2.64. The van der Waals surface area contributed by atoms with Crippen molar-refractivity contribution in [2.45, 2.75) is 110 Å². The van der Waals surface area contributed by atoms with Crippen molar-refractivity contribution in [2.75, 3.05) is 20.3 Å². The molecule has 252 valence electrons. The average Bonchev–Trinajstić information content (AvgIpc) is 3.46. The van der Waals surface area contributed by atoms with Crippen LogP contribution in [0.3, 0.4) is 0 Å². The Morgan fingerprint density at radius 3 is 2.17 bits per heavy atom. The number of aryl methyl sites for hydroxylation is 1. The van der Waals surface area contributed by atoms with E-state index >= 15 is 0 Å². The number of ether oxygens (including phenoxy) is 2. The van der Waals surface area contributed by atoms with Gasteiger partial charge >= 0.3 is 0 Å². The molecule has 7 rings (SSSR count). The van der Waals surface area contributed by atoms with Gasteiger partial charge in [-0.1, -0.05) is 76.3 Å². The van der Waals surface area contributed by atoms with Crippen LogP contribution in [-0.2, 0) is 22.5 Å². The van der Waals surface area contributed by atoms with E-state index < -0.39 is 17.2 Å². The molecule has 2 heterocycles. The summed E-state index contributed by atoms with van der Waals surface area (Å²) in [5.74, 6) is 2.59. The Labute approximate surface area is 277 Å². The fourth-order valence-corrected chi connectivity index (χ4v) is 7.22. The van der Waals surface area contributed by atoms with Gasteiger partial charge in [0.05, 0.1) is 13.2 Å². The van der Waals surface area contributed by atoms with Crippen LogP contribution in [0.1, 0.15) is 117 Å². The maximum absolute atomic E-state index is 12.0. The molecule has 9 heteroatoms. The van der Waals surface area contributed by atoms with Crippen LogP contribution in [0.5, 0.6) is 5.75 Å². The predicted octanol–water partition coefficient (Wildman–Crippen LogP) is 7.90. The third-order valence-corrected chi connectivity index (χ3v) is 10.8. The summed E-state index contributed by atoms with van der Waals surface area (Å²) in [5, 5.41) is 1.15. The molecule has 3 aromatic rings. The van der Waals surface area contributed by atoms with Gasteiger partial charge in [-0.3, -0.25) is 18.6 Å². The van der Waals surface area contributed by atoms with Crippen LogP contribution in [0.2, 0.25) is 0 Å². The molecule has 3 aliphatic carbocycles. The molecule has 0 radical (unpaired) electrons. The molecule has 1 aliphatic heterocycles. The molecule has 0 spiro atoms. The number of nitrogens with zero attached hydrogens (tertiary/aromatic N) is 1. The lowest BCUT2D eigenvalue weighted by atomic mass is 9.67. The summed E-state index contributed by atoms with van der Waals surface area (Å²) in [4.78, 5) is 17.8. The van der Waals surface area contributed by atoms with Crippen LogP contribution in [0.4, 0.5) is 0 Å². The van der Waals surface area contributed by atoms with Crippen molar-refractivity contribution in [1.82, 2.24) is 14.6 Å². The number of methoxy groups -OCH3 is 1. The van der Waals surface area contributed by atoms with Gasteiger partial charge in [-0.15, -0.1) is 0 Å². The van der Waals surface area contributed by atoms with Crippen molar-refractivity contribution in [2.24, 2.45) is 11.8 Å². The molecule has 0 bridgehead atoms. The van der Waals surface area contributed by atoms with Gasteiger partial charge in [-0.2, -0.15) is 0 Å². The van der Waals surface area contributed by atoms with E-state index in [4.69, 9.17) is 9.47 Å². The summed E-state index contributed by atoms with van der Waals surface area (Å²) in [6.45, 7) is 6.31. The maximum atomic E-state index is 12.0. The topological polar surface area (TPSA) is 107 Å². The normalized spacial score (nSPS) is 22.2. The molecule has 4 fully saturated rings. The molecule has 2 aromatic carbocycles. The van der Waals surface area contributed by atoms with Crippen molar-refractivity contribution in [3.05, 3.63) is 64.8 Å². The molecule has 3 atom stereocenters. The van der Waals surface area contributed by atoms with Gasteiger partial charge in [-0.25, -0.2) is 0 Å². The van der Waals surface area contributed by atoms with Gasteiger partial charge in [0.1, 0.15) is 5.75 Å². The molecule has 1 saturated heterocycles. The first kappa shape index (κ1) is 34.6. The smallest absolute Gasteiger partial charge is 0.262 e. The number of aromatic nitrogens is 1. The van der Waals surface area contributed by atoms with E-state index in [1.54, 1.807) is 44.9 Å². The van der Waals surface area contributed by atoms with Gasteiger partial charge in [0, 0.05) is 65.2 Å². The van der Waals surface area contributed by atoms with E-state index in [2.05, 4.69) is 28.9 Å². The zero-order valence-electron chi connectivity index (χ0n) is 27.9. The Morgan fingerprint density at radius 2 is 1.65 bits per heavy atom. The second-order valence-corrected chi connectivity index (χ2v) is 14.0. The van der Waals surface area contributed by atoms with Gasteiger partial charge in [0.25, 0.3) is 5.91 Å². The number of amides is 1. The van der Waals surface area contributed by atoms with Crippen molar-refractivity contribution in [3.8, 4) is 5.75 Å². The fourth-order valence-electron chi connectivity index (χ4n) is 6.95. The van der Waals surface area contributed by atoms with E-state index in [9.17, 15) is 13.6 Å². The van der Waals surface area contributed by atoms with Crippen LogP contribution < -0.4 is 9.46 Å². The first-order chi connectivity index (χ1) is 22.4. The van der Waals surface area contributed by atoms with E-state index in [0.29, 0.717) is 18.7 Å². The lowest BCUT2D eigenvalue weighted by molar-refractivity contribution is -0.0138. The Morgan fingerprint density at radius 1 is 1.00 bits per heavy atom. The Bertz CT molecular complexity index is 1410. The number of aromatic amines is 1. The monoisotopic (exact) mass is 650 g/mol.